The smallest absolute Gasteiger partial charge is 0.335 e. The van der Waals surface area contributed by atoms with E-state index in [1.807, 2.05) is 12.1 Å². The van der Waals surface area contributed by atoms with Crippen LogP contribution in [0.5, 0.6) is 0 Å². The predicted octanol–water partition coefficient (Wildman–Crippen LogP) is 9.24. The summed E-state index contributed by atoms with van der Waals surface area (Å²) < 4.78 is 6.01. The van der Waals surface area contributed by atoms with Crippen molar-refractivity contribution in [3.8, 4) is 0 Å². The van der Waals surface area contributed by atoms with Gasteiger partial charge in [0.2, 0.25) is 0 Å². The average molecular weight is 669 g/mol. The van der Waals surface area contributed by atoms with Gasteiger partial charge in [-0.05, 0) is 153 Å². The number of nitrogens with zero attached hydrogens (tertiary/aromatic N) is 1. The Hall–Kier alpha value is -1.95. The second-order valence-electron chi connectivity index (χ2n) is 19.8. The first kappa shape index (κ1) is 34.2. The Morgan fingerprint density at radius 1 is 0.959 bits per heavy atom. The number of benzene rings is 1. The second-order valence-corrected chi connectivity index (χ2v) is 19.8. The van der Waals surface area contributed by atoms with Crippen LogP contribution in [0, 0.1) is 51.2 Å². The number of carbonyl (C=O) groups is 1. The highest BCUT2D eigenvalue weighted by Crippen LogP contribution is 2.76. The molecule has 2 heterocycles. The third-order valence-corrected chi connectivity index (χ3v) is 17.4. The maximum atomic E-state index is 11.6. The standard InChI is InChI=1S/C44H64N2O3/c1-28(2)32-15-20-44(45-23-24-46-26-31-25-40(46,5)27-49-31)22-21-42(7)34(37(32)44)13-14-36-41(6)18-16-33(29-9-11-30(12-10-29)38(47)48)39(3,4)35(41)17-19-43(36,42)8/h9-12,16,31-32,34-37,45H,1,13-15,17-27H2,2-8H3,(H,47,48)/t31-,32-,34+,35-,36+,37+,40?,41-,42+,43+,44-/m0/s1. The Morgan fingerprint density at radius 2 is 1.71 bits per heavy atom. The summed E-state index contributed by atoms with van der Waals surface area (Å²) in [4.78, 5) is 14.3. The largest absolute Gasteiger partial charge is 0.478 e. The molecule has 2 N–H and O–H groups in total. The molecule has 1 aromatic rings. The monoisotopic (exact) mass is 668 g/mol. The molecule has 6 fully saturated rings. The number of fused-ring (bicyclic) bond motifs is 9. The van der Waals surface area contributed by atoms with E-state index in [2.05, 4.69) is 71.3 Å². The van der Waals surface area contributed by atoms with Crippen LogP contribution in [0.25, 0.3) is 5.57 Å². The quantitative estimate of drug-likeness (QED) is 0.284. The van der Waals surface area contributed by atoms with Gasteiger partial charge in [0, 0.05) is 30.7 Å². The molecule has 8 rings (SSSR count). The Kier molecular flexibility index (Phi) is 7.86. The molecular formula is C44H64N2O3. The molecule has 0 aromatic heterocycles. The predicted molar refractivity (Wildman–Crippen MR) is 198 cm³/mol. The highest BCUT2D eigenvalue weighted by Gasteiger charge is 2.70. The minimum absolute atomic E-state index is 0.0387. The van der Waals surface area contributed by atoms with Crippen molar-refractivity contribution in [1.82, 2.24) is 10.2 Å². The van der Waals surface area contributed by atoms with Crippen LogP contribution in [0.15, 0.2) is 42.5 Å². The zero-order chi connectivity index (χ0) is 34.8. The van der Waals surface area contributed by atoms with E-state index in [1.165, 1.54) is 74.5 Å². The summed E-state index contributed by atoms with van der Waals surface area (Å²) in [6, 6.07) is 7.66. The van der Waals surface area contributed by atoms with Crippen molar-refractivity contribution in [3.63, 3.8) is 0 Å². The molecule has 5 nitrogen and oxygen atoms in total. The summed E-state index contributed by atoms with van der Waals surface area (Å²) in [5.74, 6) is 2.53. The number of rotatable bonds is 7. The van der Waals surface area contributed by atoms with E-state index < -0.39 is 5.97 Å². The summed E-state index contributed by atoms with van der Waals surface area (Å²) in [5.41, 5.74) is 5.84. The van der Waals surface area contributed by atoms with Crippen molar-refractivity contribution in [1.29, 1.82) is 0 Å². The summed E-state index contributed by atoms with van der Waals surface area (Å²) in [6.07, 6.45) is 15.9. The summed E-state index contributed by atoms with van der Waals surface area (Å²) in [7, 11) is 0. The van der Waals surface area contributed by atoms with Crippen molar-refractivity contribution in [3.05, 3.63) is 53.6 Å². The molecule has 2 aliphatic heterocycles. The summed E-state index contributed by atoms with van der Waals surface area (Å²) in [6.45, 7) is 26.8. The van der Waals surface area contributed by atoms with E-state index in [-0.39, 0.29) is 21.9 Å². The number of hydrogen-bond acceptors (Lipinski definition) is 4. The van der Waals surface area contributed by atoms with E-state index in [1.54, 1.807) is 12.1 Å². The van der Waals surface area contributed by atoms with Crippen molar-refractivity contribution >= 4 is 11.5 Å². The highest BCUT2D eigenvalue weighted by molar-refractivity contribution is 5.88. The molecule has 5 heteroatoms. The number of likely N-dealkylation sites (tertiary alicyclic amines) is 1. The van der Waals surface area contributed by atoms with Gasteiger partial charge >= 0.3 is 5.97 Å². The number of carboxylic acid groups (broad SMARTS) is 1. The van der Waals surface area contributed by atoms with Gasteiger partial charge in [-0.25, -0.2) is 4.79 Å². The van der Waals surface area contributed by atoms with Gasteiger partial charge in [0.15, 0.2) is 0 Å². The molecule has 4 saturated carbocycles. The van der Waals surface area contributed by atoms with Crippen LogP contribution in [-0.4, -0.2) is 59.4 Å². The van der Waals surface area contributed by atoms with Crippen molar-refractivity contribution in [2.24, 2.45) is 51.2 Å². The van der Waals surface area contributed by atoms with Gasteiger partial charge in [-0.1, -0.05) is 65.0 Å². The minimum atomic E-state index is -0.853. The van der Waals surface area contributed by atoms with E-state index in [0.717, 1.165) is 38.6 Å². The zero-order valence-electron chi connectivity index (χ0n) is 31.7. The molecule has 7 aliphatic rings. The summed E-state index contributed by atoms with van der Waals surface area (Å²) >= 11 is 0. The fourth-order valence-electron chi connectivity index (χ4n) is 14.9. The van der Waals surface area contributed by atoms with Crippen LogP contribution in [0.1, 0.15) is 129 Å². The fraction of sp³-hybridized carbons (Fsp3) is 0.750. The minimum Gasteiger partial charge on any atom is -0.478 e. The molecule has 268 valence electrons. The van der Waals surface area contributed by atoms with Gasteiger partial charge in [-0.15, -0.1) is 0 Å². The molecule has 0 amide bonds. The molecular weight excluding hydrogens is 604 g/mol. The van der Waals surface area contributed by atoms with Crippen LogP contribution < -0.4 is 5.32 Å². The highest BCUT2D eigenvalue weighted by atomic mass is 16.5. The lowest BCUT2D eigenvalue weighted by atomic mass is 9.33. The lowest BCUT2D eigenvalue weighted by Gasteiger charge is -2.72. The van der Waals surface area contributed by atoms with E-state index >= 15 is 0 Å². The van der Waals surface area contributed by atoms with Crippen LogP contribution in [0.2, 0.25) is 0 Å². The molecule has 11 atom stereocenters. The molecule has 49 heavy (non-hydrogen) atoms. The number of ether oxygens (including phenoxy) is 1. The molecule has 1 aromatic carbocycles. The first-order chi connectivity index (χ1) is 23.1. The number of hydrogen-bond donors (Lipinski definition) is 2. The molecule has 0 spiro atoms. The maximum Gasteiger partial charge on any atom is 0.335 e. The maximum absolute atomic E-state index is 11.6. The van der Waals surface area contributed by atoms with E-state index in [4.69, 9.17) is 4.74 Å². The van der Waals surface area contributed by atoms with E-state index in [9.17, 15) is 9.90 Å². The van der Waals surface area contributed by atoms with Crippen molar-refractivity contribution in [2.45, 2.75) is 130 Å². The van der Waals surface area contributed by atoms with Gasteiger partial charge in [0.25, 0.3) is 0 Å². The normalized spacial score (nSPS) is 46.7. The lowest BCUT2D eigenvalue weighted by Crippen LogP contribution is -2.68. The number of morpholine rings is 1. The SMILES string of the molecule is C=C(C)[C@@H]1CC[C@]2(NCCN3C[C@@H]4CC3(C)CO4)CC[C@]3(C)[C@H](CC[C@@H]4[C@@]5(C)CC=C(c6ccc(C(=O)O)cc6)C(C)(C)[C@@H]5CC[C@]43C)[C@@H]12. The van der Waals surface area contributed by atoms with Gasteiger partial charge in [0.05, 0.1) is 18.3 Å². The van der Waals surface area contributed by atoms with Crippen LogP contribution in [0.3, 0.4) is 0 Å². The number of nitrogens with one attached hydrogen (secondary N) is 1. The Morgan fingerprint density at radius 3 is 2.37 bits per heavy atom. The Labute approximate surface area is 296 Å². The van der Waals surface area contributed by atoms with E-state index in [0.29, 0.717) is 46.2 Å². The number of carboxylic acids is 1. The van der Waals surface area contributed by atoms with Crippen molar-refractivity contribution in [2.75, 3.05) is 26.2 Å². The van der Waals surface area contributed by atoms with Crippen LogP contribution in [0.4, 0.5) is 0 Å². The lowest BCUT2D eigenvalue weighted by molar-refractivity contribution is -0.219. The zero-order valence-corrected chi connectivity index (χ0v) is 31.7. The third kappa shape index (κ3) is 4.76. The topological polar surface area (TPSA) is 61.8 Å². The number of allylic oxidation sites excluding steroid dienone is 3. The Balaban J connectivity index is 1.06. The first-order valence-electron chi connectivity index (χ1n) is 19.9. The average Bonchev–Trinajstić information content (AvgIpc) is 3.71. The summed E-state index contributed by atoms with van der Waals surface area (Å²) in [5, 5.41) is 13.8. The van der Waals surface area contributed by atoms with Crippen LogP contribution in [-0.2, 0) is 4.74 Å². The molecule has 1 unspecified atom stereocenters. The van der Waals surface area contributed by atoms with Gasteiger partial charge in [-0.3, -0.25) is 4.90 Å². The molecule has 2 saturated heterocycles. The second kappa shape index (κ2) is 11.3. The van der Waals surface area contributed by atoms with Gasteiger partial charge < -0.3 is 15.2 Å². The van der Waals surface area contributed by atoms with Gasteiger partial charge in [0.1, 0.15) is 0 Å². The number of aromatic carboxylic acids is 1. The molecule has 5 aliphatic carbocycles. The molecule has 0 radical (unpaired) electrons. The van der Waals surface area contributed by atoms with Crippen LogP contribution >= 0.6 is 0 Å². The first-order valence-corrected chi connectivity index (χ1v) is 19.9. The molecule has 2 bridgehead atoms. The third-order valence-electron chi connectivity index (χ3n) is 17.4. The Bertz CT molecular complexity index is 1550. The van der Waals surface area contributed by atoms with Gasteiger partial charge in [-0.2, -0.15) is 0 Å². The van der Waals surface area contributed by atoms with Crippen molar-refractivity contribution < 1.29 is 14.6 Å². The fourth-order valence-corrected chi connectivity index (χ4v) is 14.9.